The topological polar surface area (TPSA) is 104 Å². The van der Waals surface area contributed by atoms with Crippen LogP contribution in [0.5, 0.6) is 0 Å². The first-order valence-corrected chi connectivity index (χ1v) is 11.7. The Bertz CT molecular complexity index is 916. The fourth-order valence-corrected chi connectivity index (χ4v) is 5.72. The number of amides is 1. The van der Waals surface area contributed by atoms with Crippen LogP contribution in [-0.4, -0.2) is 73.0 Å². The predicted molar refractivity (Wildman–Crippen MR) is 110 cm³/mol. The van der Waals surface area contributed by atoms with Crippen LogP contribution in [0.2, 0.25) is 0 Å². The van der Waals surface area contributed by atoms with Crippen molar-refractivity contribution in [2.45, 2.75) is 57.1 Å². The van der Waals surface area contributed by atoms with Crippen LogP contribution >= 0.6 is 0 Å². The summed E-state index contributed by atoms with van der Waals surface area (Å²) < 4.78 is 32.4. The Morgan fingerprint density at radius 3 is 2.60 bits per heavy atom. The number of nitrogens with zero attached hydrogens (tertiary/aromatic N) is 2. The molecule has 2 saturated heterocycles. The van der Waals surface area contributed by atoms with Gasteiger partial charge in [-0.3, -0.25) is 9.59 Å². The van der Waals surface area contributed by atoms with E-state index in [4.69, 9.17) is 4.74 Å². The second-order valence-electron chi connectivity index (χ2n) is 8.42. The highest BCUT2D eigenvalue weighted by molar-refractivity contribution is 7.89. The molecule has 2 aliphatic heterocycles. The Hall–Kier alpha value is -1.97. The molecular formula is C21H30N2O6S. The molecule has 2 heterocycles. The number of hydrogen-bond acceptors (Lipinski definition) is 6. The lowest BCUT2D eigenvalue weighted by Crippen LogP contribution is -2.44. The van der Waals surface area contributed by atoms with Crippen LogP contribution in [0, 0.1) is 19.8 Å². The molecule has 0 radical (unpaired) electrons. The lowest BCUT2D eigenvalue weighted by atomic mass is 10.0. The highest BCUT2D eigenvalue weighted by Gasteiger charge is 2.44. The quantitative estimate of drug-likeness (QED) is 0.694. The van der Waals surface area contributed by atoms with Crippen LogP contribution in [0.4, 0.5) is 0 Å². The van der Waals surface area contributed by atoms with E-state index in [9.17, 15) is 23.1 Å². The summed E-state index contributed by atoms with van der Waals surface area (Å²) in [5, 5.41) is 10.0. The number of sulfonamides is 1. The van der Waals surface area contributed by atoms with Crippen molar-refractivity contribution in [3.63, 3.8) is 0 Å². The van der Waals surface area contributed by atoms with E-state index in [-0.39, 0.29) is 23.8 Å². The van der Waals surface area contributed by atoms with E-state index < -0.39 is 34.7 Å². The van der Waals surface area contributed by atoms with E-state index in [0.29, 0.717) is 19.0 Å². The zero-order valence-corrected chi connectivity index (χ0v) is 18.5. The van der Waals surface area contributed by atoms with Gasteiger partial charge in [-0.1, -0.05) is 13.0 Å². The number of ether oxygens (including phenoxy) is 1. The summed E-state index contributed by atoms with van der Waals surface area (Å²) in [7, 11) is -3.99. The number of likely N-dealkylation sites (tertiary alicyclic amines) is 1. The van der Waals surface area contributed by atoms with Crippen molar-refractivity contribution < 1.29 is 27.9 Å². The first-order valence-electron chi connectivity index (χ1n) is 10.3. The summed E-state index contributed by atoms with van der Waals surface area (Å²) in [6.07, 6.45) is 0.951. The number of esters is 1. The van der Waals surface area contributed by atoms with Gasteiger partial charge in [0.2, 0.25) is 10.0 Å². The minimum absolute atomic E-state index is 0.0577. The SMILES string of the molecule is Cc1ccc(S(=O)(=O)N2CC(O)CC2C(=O)OCC(=O)N2CCCC(C)C2)cc1C. The van der Waals surface area contributed by atoms with Gasteiger partial charge in [0.05, 0.1) is 11.0 Å². The van der Waals surface area contributed by atoms with Gasteiger partial charge < -0.3 is 14.7 Å². The Labute approximate surface area is 177 Å². The van der Waals surface area contributed by atoms with Crippen molar-refractivity contribution in [3.05, 3.63) is 29.3 Å². The van der Waals surface area contributed by atoms with Gasteiger partial charge in [-0.2, -0.15) is 4.31 Å². The van der Waals surface area contributed by atoms with Crippen molar-refractivity contribution in [1.82, 2.24) is 9.21 Å². The van der Waals surface area contributed by atoms with Gasteiger partial charge in [0.15, 0.2) is 6.61 Å². The van der Waals surface area contributed by atoms with Gasteiger partial charge in [0.25, 0.3) is 5.91 Å². The van der Waals surface area contributed by atoms with Gasteiger partial charge in [-0.25, -0.2) is 8.42 Å². The molecule has 1 aromatic rings. The lowest BCUT2D eigenvalue weighted by molar-refractivity contribution is -0.155. The summed E-state index contributed by atoms with van der Waals surface area (Å²) in [5.74, 6) is -0.684. The molecule has 0 saturated carbocycles. The summed E-state index contributed by atoms with van der Waals surface area (Å²) in [6.45, 7) is 6.42. The van der Waals surface area contributed by atoms with Gasteiger partial charge in [-0.15, -0.1) is 0 Å². The van der Waals surface area contributed by atoms with Crippen molar-refractivity contribution in [2.24, 2.45) is 5.92 Å². The highest BCUT2D eigenvalue weighted by atomic mass is 32.2. The van der Waals surface area contributed by atoms with Crippen LogP contribution in [0.1, 0.15) is 37.3 Å². The molecule has 2 aliphatic rings. The molecule has 0 bridgehead atoms. The van der Waals surface area contributed by atoms with Crippen molar-refractivity contribution >= 4 is 21.9 Å². The molecule has 1 aromatic carbocycles. The van der Waals surface area contributed by atoms with E-state index in [1.54, 1.807) is 17.0 Å². The Kier molecular flexibility index (Phi) is 6.84. The molecule has 0 aliphatic carbocycles. The number of rotatable bonds is 5. The van der Waals surface area contributed by atoms with E-state index in [1.165, 1.54) is 6.07 Å². The zero-order chi connectivity index (χ0) is 22.1. The minimum atomic E-state index is -3.99. The molecule has 166 valence electrons. The molecule has 3 unspecified atom stereocenters. The minimum Gasteiger partial charge on any atom is -0.454 e. The fraction of sp³-hybridized carbons (Fsp3) is 0.619. The third-order valence-corrected chi connectivity index (χ3v) is 7.81. The number of aliphatic hydroxyl groups is 1. The third kappa shape index (κ3) is 4.84. The molecule has 8 nitrogen and oxygen atoms in total. The average molecular weight is 439 g/mol. The summed E-state index contributed by atoms with van der Waals surface area (Å²) in [5.41, 5.74) is 1.77. The van der Waals surface area contributed by atoms with Crippen LogP contribution in [0.25, 0.3) is 0 Å². The van der Waals surface area contributed by atoms with Gasteiger partial charge in [0, 0.05) is 26.1 Å². The van der Waals surface area contributed by atoms with Gasteiger partial charge in [0.1, 0.15) is 6.04 Å². The number of β-amino-alcohol motifs (C(OH)–C–C–N with tert-alkyl or cyclic N) is 1. The normalized spacial score (nSPS) is 25.3. The number of hydrogen-bond donors (Lipinski definition) is 1. The van der Waals surface area contributed by atoms with E-state index in [1.807, 2.05) is 13.8 Å². The lowest BCUT2D eigenvalue weighted by Gasteiger charge is -2.31. The average Bonchev–Trinajstić information content (AvgIpc) is 3.10. The van der Waals surface area contributed by atoms with Crippen LogP contribution in [0.15, 0.2) is 23.1 Å². The van der Waals surface area contributed by atoms with Crippen LogP contribution < -0.4 is 0 Å². The second kappa shape index (κ2) is 9.03. The smallest absolute Gasteiger partial charge is 0.325 e. The summed E-state index contributed by atoms with van der Waals surface area (Å²) >= 11 is 0. The van der Waals surface area contributed by atoms with Crippen molar-refractivity contribution in [2.75, 3.05) is 26.2 Å². The number of benzene rings is 1. The molecule has 0 spiro atoms. The number of carbonyl (C=O) groups is 2. The molecule has 1 N–H and O–H groups in total. The second-order valence-corrected chi connectivity index (χ2v) is 10.3. The number of carbonyl (C=O) groups excluding carboxylic acids is 2. The van der Waals surface area contributed by atoms with Crippen molar-refractivity contribution in [3.8, 4) is 0 Å². The van der Waals surface area contributed by atoms with E-state index in [2.05, 4.69) is 6.92 Å². The standard InChI is InChI=1S/C21H30N2O6S/c1-14-5-4-8-22(11-14)20(25)13-29-21(26)19-10-17(24)12-23(19)30(27,28)18-7-6-15(2)16(3)9-18/h6-7,9,14,17,19,24H,4-5,8,10-13H2,1-3H3. The zero-order valence-electron chi connectivity index (χ0n) is 17.7. The third-order valence-electron chi connectivity index (χ3n) is 5.94. The Morgan fingerprint density at radius 2 is 1.93 bits per heavy atom. The first-order chi connectivity index (χ1) is 14.1. The predicted octanol–water partition coefficient (Wildman–Crippen LogP) is 1.23. The maximum Gasteiger partial charge on any atom is 0.325 e. The Morgan fingerprint density at radius 1 is 1.20 bits per heavy atom. The largest absolute Gasteiger partial charge is 0.454 e. The first kappa shape index (κ1) is 22.7. The maximum absolute atomic E-state index is 13.1. The maximum atomic E-state index is 13.1. The van der Waals surface area contributed by atoms with Crippen LogP contribution in [-0.2, 0) is 24.3 Å². The van der Waals surface area contributed by atoms with Crippen molar-refractivity contribution in [1.29, 1.82) is 0 Å². The van der Waals surface area contributed by atoms with E-state index in [0.717, 1.165) is 28.3 Å². The number of aryl methyl sites for hydroxylation is 2. The van der Waals surface area contributed by atoms with Gasteiger partial charge in [-0.05, 0) is 55.9 Å². The monoisotopic (exact) mass is 438 g/mol. The molecule has 30 heavy (non-hydrogen) atoms. The Balaban J connectivity index is 1.69. The summed E-state index contributed by atoms with van der Waals surface area (Å²) in [6, 6.07) is 3.60. The van der Waals surface area contributed by atoms with Gasteiger partial charge >= 0.3 is 5.97 Å². The molecular weight excluding hydrogens is 408 g/mol. The summed E-state index contributed by atoms with van der Waals surface area (Å²) in [4.78, 5) is 26.7. The highest BCUT2D eigenvalue weighted by Crippen LogP contribution is 2.28. The molecule has 9 heteroatoms. The molecule has 1 amide bonds. The van der Waals surface area contributed by atoms with Crippen LogP contribution in [0.3, 0.4) is 0 Å². The fourth-order valence-electron chi connectivity index (χ4n) is 4.01. The molecule has 3 atom stereocenters. The number of aliphatic hydroxyl groups excluding tert-OH is 1. The molecule has 0 aromatic heterocycles. The number of piperidine rings is 1. The molecule has 3 rings (SSSR count). The van der Waals surface area contributed by atoms with E-state index >= 15 is 0 Å². The molecule has 2 fully saturated rings.